The third kappa shape index (κ3) is 6.51. The van der Waals surface area contributed by atoms with Gasteiger partial charge >= 0.3 is 0 Å². The van der Waals surface area contributed by atoms with Crippen molar-refractivity contribution in [1.82, 2.24) is 9.97 Å². The summed E-state index contributed by atoms with van der Waals surface area (Å²) in [5, 5.41) is 12.2. The Morgan fingerprint density at radius 3 is 2.55 bits per heavy atom. The summed E-state index contributed by atoms with van der Waals surface area (Å²) in [4.78, 5) is 8.41. The first kappa shape index (κ1) is 24.2. The van der Waals surface area contributed by atoms with Gasteiger partial charge in [-0.15, -0.1) is 0 Å². The van der Waals surface area contributed by atoms with Crippen LogP contribution in [0.3, 0.4) is 0 Å². The van der Waals surface area contributed by atoms with E-state index in [9.17, 15) is 0 Å². The van der Waals surface area contributed by atoms with E-state index in [1.165, 1.54) is 18.5 Å². The van der Waals surface area contributed by atoms with Gasteiger partial charge in [-0.2, -0.15) is 0 Å². The van der Waals surface area contributed by atoms with Gasteiger partial charge in [0.15, 0.2) is 0 Å². The average molecular weight is 450 g/mol. The average Bonchev–Trinajstić information content (AvgIpc) is 2.77. The fraction of sp³-hybridized carbons (Fsp3) is 0.346. The van der Waals surface area contributed by atoms with Gasteiger partial charge in [0.2, 0.25) is 0 Å². The summed E-state index contributed by atoms with van der Waals surface area (Å²) in [7, 11) is 0. The van der Waals surface area contributed by atoms with Gasteiger partial charge in [0.25, 0.3) is 0 Å². The molecule has 0 saturated heterocycles. The minimum atomic E-state index is -0.577. The van der Waals surface area contributed by atoms with Crippen LogP contribution in [0.4, 0.5) is 16.0 Å². The quantitative estimate of drug-likeness (QED) is 0.293. The molecule has 4 N–H and O–H groups in total. The molecule has 0 saturated carbocycles. The fourth-order valence-electron chi connectivity index (χ4n) is 3.74. The number of nitrogens with zero attached hydrogens (tertiary/aromatic N) is 2. The molecule has 1 atom stereocenters. The zero-order valence-corrected chi connectivity index (χ0v) is 19.4. The molecule has 0 spiro atoms. The highest BCUT2D eigenvalue weighted by atomic mass is 19.1. The maximum atomic E-state index is 15.0. The Morgan fingerprint density at radius 2 is 1.88 bits per heavy atom. The maximum Gasteiger partial charge on any atom is 0.141 e. The van der Waals surface area contributed by atoms with Crippen molar-refractivity contribution in [3.05, 3.63) is 71.8 Å². The predicted octanol–water partition coefficient (Wildman–Crippen LogP) is 6.42. The van der Waals surface area contributed by atoms with E-state index in [2.05, 4.69) is 36.1 Å². The van der Waals surface area contributed by atoms with Crippen LogP contribution in [0.15, 0.2) is 54.9 Å². The number of nitrogen functional groups attached to an aromatic ring is 1. The van der Waals surface area contributed by atoms with E-state index in [0.29, 0.717) is 28.8 Å². The van der Waals surface area contributed by atoms with Gasteiger partial charge in [0, 0.05) is 17.7 Å². The van der Waals surface area contributed by atoms with Crippen LogP contribution in [-0.4, -0.2) is 21.7 Å². The molecule has 7 heteroatoms. The Kier molecular flexibility index (Phi) is 8.35. The van der Waals surface area contributed by atoms with E-state index in [4.69, 9.17) is 15.9 Å². The lowest BCUT2D eigenvalue weighted by Crippen LogP contribution is -2.25. The Labute approximate surface area is 194 Å². The lowest BCUT2D eigenvalue weighted by Gasteiger charge is -2.23. The van der Waals surface area contributed by atoms with Crippen LogP contribution < -0.4 is 15.8 Å². The lowest BCUT2D eigenvalue weighted by molar-refractivity contribution is 0.476. The minimum absolute atomic E-state index is 0.0712. The third-order valence-corrected chi connectivity index (χ3v) is 5.32. The summed E-state index contributed by atoms with van der Waals surface area (Å²) in [6.07, 6.45) is 5.47. The van der Waals surface area contributed by atoms with Crippen molar-refractivity contribution in [2.24, 2.45) is 5.92 Å². The molecule has 3 aromatic rings. The van der Waals surface area contributed by atoms with E-state index < -0.39 is 5.82 Å². The highest BCUT2D eigenvalue weighted by molar-refractivity contribution is 6.16. The van der Waals surface area contributed by atoms with E-state index >= 15 is 4.39 Å². The summed E-state index contributed by atoms with van der Waals surface area (Å²) < 4.78 is 20.7. The van der Waals surface area contributed by atoms with Gasteiger partial charge in [-0.3, -0.25) is 5.41 Å². The normalized spacial score (nSPS) is 11.9. The number of hydrogen-bond donors (Lipinski definition) is 3. The number of nitrogens with two attached hydrogens (primary N) is 1. The molecule has 1 heterocycles. The highest BCUT2D eigenvalue weighted by Gasteiger charge is 2.21. The van der Waals surface area contributed by atoms with Crippen LogP contribution in [0.25, 0.3) is 0 Å². The number of rotatable bonds is 11. The summed E-state index contributed by atoms with van der Waals surface area (Å²) in [5.74, 6) is 1.47. The number of ether oxygens (including phenoxy) is 1. The second-order valence-electron chi connectivity index (χ2n) is 8.53. The fourth-order valence-corrected chi connectivity index (χ4v) is 3.74. The first-order chi connectivity index (χ1) is 15.9. The largest absolute Gasteiger partial charge is 0.457 e. The van der Waals surface area contributed by atoms with Gasteiger partial charge < -0.3 is 15.8 Å². The van der Waals surface area contributed by atoms with Gasteiger partial charge in [-0.25, -0.2) is 14.4 Å². The zero-order valence-electron chi connectivity index (χ0n) is 19.4. The van der Waals surface area contributed by atoms with E-state index in [1.807, 2.05) is 18.2 Å². The van der Waals surface area contributed by atoms with E-state index in [0.717, 1.165) is 25.7 Å². The summed E-state index contributed by atoms with van der Waals surface area (Å²) in [6, 6.07) is 13.8. The molecule has 0 radical (unpaired) electrons. The predicted molar refractivity (Wildman–Crippen MR) is 132 cm³/mol. The van der Waals surface area contributed by atoms with Crippen molar-refractivity contribution < 1.29 is 9.13 Å². The molecule has 3 rings (SSSR count). The molecule has 174 valence electrons. The van der Waals surface area contributed by atoms with Crippen molar-refractivity contribution in [1.29, 1.82) is 5.41 Å². The van der Waals surface area contributed by atoms with Gasteiger partial charge in [-0.05, 0) is 43.0 Å². The number of halogens is 1. The summed E-state index contributed by atoms with van der Waals surface area (Å²) >= 11 is 0. The molecule has 0 fully saturated rings. The molecule has 0 aliphatic carbocycles. The van der Waals surface area contributed by atoms with Gasteiger partial charge in [0.05, 0.1) is 11.3 Å². The Balaban J connectivity index is 1.87. The van der Waals surface area contributed by atoms with Crippen LogP contribution >= 0.6 is 0 Å². The Morgan fingerprint density at radius 1 is 1.12 bits per heavy atom. The number of anilines is 2. The summed E-state index contributed by atoms with van der Waals surface area (Å²) in [5.41, 5.74) is 6.48. The Hall–Kier alpha value is -3.48. The number of benzene rings is 2. The minimum Gasteiger partial charge on any atom is -0.457 e. The maximum absolute atomic E-state index is 15.0. The molecule has 2 aromatic carbocycles. The third-order valence-electron chi connectivity index (χ3n) is 5.32. The second-order valence-corrected chi connectivity index (χ2v) is 8.53. The first-order valence-electron chi connectivity index (χ1n) is 11.4. The highest BCUT2D eigenvalue weighted by Crippen LogP contribution is 2.28. The number of hydrogen-bond acceptors (Lipinski definition) is 6. The molecule has 0 aliphatic heterocycles. The molecule has 1 aromatic heterocycles. The van der Waals surface area contributed by atoms with Crippen molar-refractivity contribution in [3.8, 4) is 11.5 Å². The van der Waals surface area contributed by atoms with Crippen LogP contribution in [-0.2, 0) is 0 Å². The summed E-state index contributed by atoms with van der Waals surface area (Å²) in [6.45, 7) is 6.50. The molecule has 1 unspecified atom stereocenters. The number of para-hydroxylation sites is 1. The molecule has 0 amide bonds. The van der Waals surface area contributed by atoms with Crippen LogP contribution in [0.1, 0.15) is 57.6 Å². The van der Waals surface area contributed by atoms with Gasteiger partial charge in [-0.1, -0.05) is 51.8 Å². The van der Waals surface area contributed by atoms with Crippen molar-refractivity contribution in [2.75, 3.05) is 11.1 Å². The van der Waals surface area contributed by atoms with Gasteiger partial charge in [0.1, 0.15) is 35.3 Å². The molecule has 6 nitrogen and oxygen atoms in total. The van der Waals surface area contributed by atoms with Crippen LogP contribution in [0.5, 0.6) is 11.5 Å². The van der Waals surface area contributed by atoms with E-state index in [1.54, 1.807) is 18.2 Å². The lowest BCUT2D eigenvalue weighted by atomic mass is 9.98. The molecular weight excluding hydrogens is 417 g/mol. The first-order valence-corrected chi connectivity index (χ1v) is 11.4. The molecule has 33 heavy (non-hydrogen) atoms. The number of unbranched alkanes of at least 4 members (excludes halogenated alkanes) is 1. The van der Waals surface area contributed by atoms with Crippen LogP contribution in [0, 0.1) is 17.1 Å². The van der Waals surface area contributed by atoms with Crippen molar-refractivity contribution >= 4 is 17.3 Å². The standard InChI is InChI=1S/C26H32FN5O/c1-4-5-9-18(14-17(2)3)32-26-23(25(29)30-16-31-26)24(28)21-13-12-20(15-22(21)27)33-19-10-7-6-8-11-19/h6-8,10-13,15-18,28H,4-5,9,14H2,1-3H3,(H3,29,30,31,32). The monoisotopic (exact) mass is 449 g/mol. The second kappa shape index (κ2) is 11.4. The number of nitrogens with one attached hydrogen (secondary N) is 2. The van der Waals surface area contributed by atoms with E-state index in [-0.39, 0.29) is 23.1 Å². The van der Waals surface area contributed by atoms with Crippen molar-refractivity contribution in [3.63, 3.8) is 0 Å². The smallest absolute Gasteiger partial charge is 0.141 e. The molecule has 0 bridgehead atoms. The molecule has 0 aliphatic rings. The molecular formula is C26H32FN5O. The Bertz CT molecular complexity index is 1070. The topological polar surface area (TPSA) is 96.9 Å². The van der Waals surface area contributed by atoms with Crippen LogP contribution in [0.2, 0.25) is 0 Å². The zero-order chi connectivity index (χ0) is 23.8. The number of aromatic nitrogens is 2. The van der Waals surface area contributed by atoms with Crippen molar-refractivity contribution in [2.45, 2.75) is 52.5 Å². The SMILES string of the molecule is CCCCC(CC(C)C)Nc1ncnc(N)c1C(=N)c1ccc(Oc2ccccc2)cc1F.